The van der Waals surface area contributed by atoms with Crippen LogP contribution in [0.1, 0.15) is 48.5 Å². The zero-order chi connectivity index (χ0) is 28.6. The van der Waals surface area contributed by atoms with E-state index in [-0.39, 0.29) is 30.8 Å². The van der Waals surface area contributed by atoms with Gasteiger partial charge in [-0.2, -0.15) is 0 Å². The van der Waals surface area contributed by atoms with Crippen LogP contribution >= 0.6 is 0 Å². The Balaban J connectivity index is 1.27. The van der Waals surface area contributed by atoms with Crippen molar-refractivity contribution in [3.05, 3.63) is 101 Å². The molecular formula is C33H42N4O4. The van der Waals surface area contributed by atoms with Crippen molar-refractivity contribution in [1.29, 1.82) is 0 Å². The molecule has 4 atom stereocenters. The molecule has 2 heterocycles. The van der Waals surface area contributed by atoms with Gasteiger partial charge < -0.3 is 25.2 Å². The number of anilines is 1. The van der Waals surface area contributed by atoms with E-state index in [1.54, 1.807) is 0 Å². The summed E-state index contributed by atoms with van der Waals surface area (Å²) in [7, 11) is 0. The molecule has 2 amide bonds. The Morgan fingerprint density at radius 2 is 1.51 bits per heavy atom. The van der Waals surface area contributed by atoms with Gasteiger partial charge in [-0.25, -0.2) is 4.79 Å². The van der Waals surface area contributed by atoms with E-state index in [4.69, 9.17) is 9.47 Å². The largest absolute Gasteiger partial charge is 0.392 e. The number of carbonyl (C=O) groups is 1. The van der Waals surface area contributed by atoms with Crippen molar-refractivity contribution >= 4 is 11.7 Å². The second-order valence-corrected chi connectivity index (χ2v) is 11.0. The zero-order valence-electron chi connectivity index (χ0n) is 24.0. The maximum atomic E-state index is 11.9. The Morgan fingerprint density at radius 1 is 0.854 bits per heavy atom. The Morgan fingerprint density at radius 3 is 2.17 bits per heavy atom. The smallest absolute Gasteiger partial charge is 0.319 e. The molecule has 2 saturated heterocycles. The van der Waals surface area contributed by atoms with Crippen molar-refractivity contribution in [3.63, 3.8) is 0 Å². The Hall–Kier alpha value is -3.27. The Kier molecular flexibility index (Phi) is 10.0. The van der Waals surface area contributed by atoms with E-state index >= 15 is 0 Å². The summed E-state index contributed by atoms with van der Waals surface area (Å²) < 4.78 is 13.2. The summed E-state index contributed by atoms with van der Waals surface area (Å²) in [5, 5.41) is 15.1. The number of piperazine rings is 1. The van der Waals surface area contributed by atoms with Crippen LogP contribution in [-0.2, 0) is 22.6 Å². The normalized spacial score (nSPS) is 23.7. The van der Waals surface area contributed by atoms with Crippen LogP contribution in [0.5, 0.6) is 0 Å². The fourth-order valence-corrected chi connectivity index (χ4v) is 5.61. The van der Waals surface area contributed by atoms with Crippen LogP contribution < -0.4 is 10.6 Å². The highest BCUT2D eigenvalue weighted by Crippen LogP contribution is 2.42. The molecule has 3 aromatic rings. The summed E-state index contributed by atoms with van der Waals surface area (Å²) in [5.74, 6) is 0.132. The lowest BCUT2D eigenvalue weighted by molar-refractivity contribution is -0.276. The minimum atomic E-state index is -0.531. The Labute approximate surface area is 243 Å². The van der Waals surface area contributed by atoms with Crippen LogP contribution in [0.2, 0.25) is 0 Å². The second kappa shape index (κ2) is 14.1. The van der Waals surface area contributed by atoms with Crippen LogP contribution in [0, 0.1) is 5.92 Å². The van der Waals surface area contributed by atoms with Crippen LogP contribution in [0.4, 0.5) is 10.5 Å². The quantitative estimate of drug-likeness (QED) is 0.345. The van der Waals surface area contributed by atoms with Crippen molar-refractivity contribution in [2.45, 2.75) is 45.5 Å². The average Bonchev–Trinajstić information content (AvgIpc) is 3.00. The van der Waals surface area contributed by atoms with Gasteiger partial charge >= 0.3 is 6.03 Å². The molecule has 218 valence electrons. The number of benzene rings is 3. The van der Waals surface area contributed by atoms with Gasteiger partial charge in [0.1, 0.15) is 0 Å². The number of carbonyl (C=O) groups excluding carboxylic acids is 1. The summed E-state index contributed by atoms with van der Waals surface area (Å²) in [6.45, 7) is 10.6. The number of rotatable bonds is 9. The standard InChI is InChI=1S/C33H42N4O4/c1-3-34-33(39)35-29-15-13-28(14-16-29)32-40-30(24(2)31(41-32)27-11-9-26(23-38)10-12-27)22-37-19-17-36(18-20-37)21-25-7-5-4-6-8-25/h4-16,24,30-32,38H,3,17-23H2,1-2H3,(H2,34,35,39). The monoisotopic (exact) mass is 558 g/mol. The highest BCUT2D eigenvalue weighted by molar-refractivity contribution is 5.89. The molecule has 0 radical (unpaired) electrons. The summed E-state index contributed by atoms with van der Waals surface area (Å²) in [4.78, 5) is 17.0. The topological polar surface area (TPSA) is 86.3 Å². The van der Waals surface area contributed by atoms with Gasteiger partial charge in [0.15, 0.2) is 6.29 Å². The lowest BCUT2D eigenvalue weighted by Gasteiger charge is -2.44. The minimum Gasteiger partial charge on any atom is -0.392 e. The van der Waals surface area contributed by atoms with Gasteiger partial charge in [0, 0.05) is 63.0 Å². The van der Waals surface area contributed by atoms with E-state index < -0.39 is 6.29 Å². The highest BCUT2D eigenvalue weighted by Gasteiger charge is 2.39. The van der Waals surface area contributed by atoms with Gasteiger partial charge in [-0.1, -0.05) is 73.7 Å². The SMILES string of the molecule is CCNC(=O)Nc1ccc(C2OC(CN3CCN(Cc4ccccc4)CC3)C(C)C(c3ccc(CO)cc3)O2)cc1. The maximum absolute atomic E-state index is 11.9. The van der Waals surface area contributed by atoms with Gasteiger partial charge in [0.05, 0.1) is 18.8 Å². The van der Waals surface area contributed by atoms with Crippen LogP contribution in [-0.4, -0.2) is 66.3 Å². The molecule has 3 aromatic carbocycles. The first-order valence-electron chi connectivity index (χ1n) is 14.7. The number of urea groups is 1. The lowest BCUT2D eigenvalue weighted by Crippen LogP contribution is -2.51. The Bertz CT molecular complexity index is 1230. The number of hydrogen-bond donors (Lipinski definition) is 3. The average molecular weight is 559 g/mol. The zero-order valence-corrected chi connectivity index (χ0v) is 24.0. The van der Waals surface area contributed by atoms with E-state index in [1.165, 1.54) is 5.56 Å². The molecule has 0 aliphatic carbocycles. The second-order valence-electron chi connectivity index (χ2n) is 11.0. The van der Waals surface area contributed by atoms with Gasteiger partial charge in [-0.3, -0.25) is 9.80 Å². The van der Waals surface area contributed by atoms with E-state index in [9.17, 15) is 9.90 Å². The number of ether oxygens (including phenoxy) is 2. The number of aliphatic hydroxyl groups is 1. The van der Waals surface area contributed by atoms with Crippen molar-refractivity contribution < 1.29 is 19.4 Å². The molecule has 5 rings (SSSR count). The summed E-state index contributed by atoms with van der Waals surface area (Å²) in [6, 6.07) is 26.1. The number of amides is 2. The number of nitrogens with one attached hydrogen (secondary N) is 2. The number of nitrogens with zero attached hydrogens (tertiary/aromatic N) is 2. The molecule has 8 heteroatoms. The third-order valence-corrected chi connectivity index (χ3v) is 8.05. The molecule has 0 bridgehead atoms. The van der Waals surface area contributed by atoms with E-state index in [0.29, 0.717) is 12.2 Å². The minimum absolute atomic E-state index is 0.0165. The third kappa shape index (κ3) is 7.72. The molecular weight excluding hydrogens is 516 g/mol. The predicted octanol–water partition coefficient (Wildman–Crippen LogP) is 4.93. The van der Waals surface area contributed by atoms with Crippen LogP contribution in [0.3, 0.4) is 0 Å². The molecule has 0 spiro atoms. The first kappa shape index (κ1) is 29.2. The van der Waals surface area contributed by atoms with Gasteiger partial charge in [0.2, 0.25) is 0 Å². The van der Waals surface area contributed by atoms with Gasteiger partial charge in [0.25, 0.3) is 0 Å². The molecule has 2 aliphatic rings. The van der Waals surface area contributed by atoms with Crippen molar-refractivity contribution in [1.82, 2.24) is 15.1 Å². The first-order chi connectivity index (χ1) is 20.0. The third-order valence-electron chi connectivity index (χ3n) is 8.05. The summed E-state index contributed by atoms with van der Waals surface area (Å²) in [5.41, 5.74) is 4.94. The van der Waals surface area contributed by atoms with Crippen molar-refractivity contribution in [2.75, 3.05) is 44.6 Å². The molecule has 4 unspecified atom stereocenters. The van der Waals surface area contributed by atoms with E-state index in [0.717, 1.165) is 56.0 Å². The maximum Gasteiger partial charge on any atom is 0.319 e. The predicted molar refractivity (Wildman–Crippen MR) is 160 cm³/mol. The van der Waals surface area contributed by atoms with Crippen LogP contribution in [0.15, 0.2) is 78.9 Å². The van der Waals surface area contributed by atoms with Gasteiger partial charge in [-0.15, -0.1) is 0 Å². The van der Waals surface area contributed by atoms with Crippen molar-refractivity contribution in [3.8, 4) is 0 Å². The van der Waals surface area contributed by atoms with Crippen LogP contribution in [0.25, 0.3) is 0 Å². The van der Waals surface area contributed by atoms with E-state index in [1.807, 2.05) is 55.5 Å². The van der Waals surface area contributed by atoms with Gasteiger partial charge in [-0.05, 0) is 35.7 Å². The number of hydrogen-bond acceptors (Lipinski definition) is 6. The fourth-order valence-electron chi connectivity index (χ4n) is 5.61. The summed E-state index contributed by atoms with van der Waals surface area (Å²) >= 11 is 0. The summed E-state index contributed by atoms with van der Waals surface area (Å²) in [6.07, 6.45) is -0.708. The van der Waals surface area contributed by atoms with E-state index in [2.05, 4.69) is 57.7 Å². The van der Waals surface area contributed by atoms with Crippen molar-refractivity contribution in [2.24, 2.45) is 5.92 Å². The lowest BCUT2D eigenvalue weighted by atomic mass is 9.90. The number of aliphatic hydroxyl groups excluding tert-OH is 1. The highest BCUT2D eigenvalue weighted by atomic mass is 16.7. The fraction of sp³-hybridized carbons (Fsp3) is 0.424. The molecule has 8 nitrogen and oxygen atoms in total. The molecule has 0 saturated carbocycles. The molecule has 2 aliphatic heterocycles. The first-order valence-corrected chi connectivity index (χ1v) is 14.7. The molecule has 3 N–H and O–H groups in total. The molecule has 0 aromatic heterocycles. The molecule has 41 heavy (non-hydrogen) atoms. The molecule has 2 fully saturated rings.